The van der Waals surface area contributed by atoms with E-state index in [0.717, 1.165) is 29.8 Å². The normalized spacial score (nSPS) is 13.1. The molecule has 0 spiro atoms. The molecule has 0 heterocycles. The van der Waals surface area contributed by atoms with Gasteiger partial charge in [-0.05, 0) is 49.6 Å². The van der Waals surface area contributed by atoms with Crippen LogP contribution in [0.3, 0.4) is 0 Å². The van der Waals surface area contributed by atoms with E-state index in [2.05, 4.69) is 17.2 Å². The molecule has 7 nitrogen and oxygen atoms in total. The van der Waals surface area contributed by atoms with Gasteiger partial charge in [0.15, 0.2) is 5.78 Å². The molecule has 0 aliphatic carbocycles. The van der Waals surface area contributed by atoms with Crippen molar-refractivity contribution in [3.05, 3.63) is 70.8 Å². The SMILES string of the molecule is CCCC(=O)[C@](C)(CC(C)C(=O)c1ccc(C#Cc2ccc(CNCCOC)cc2)cc1)C(=O)NO. The third-order valence-corrected chi connectivity index (χ3v) is 6.14. The van der Waals surface area contributed by atoms with Crippen LogP contribution < -0.4 is 10.8 Å². The van der Waals surface area contributed by atoms with E-state index in [1.54, 1.807) is 43.8 Å². The number of amides is 1. The Morgan fingerprint density at radius 3 is 2.14 bits per heavy atom. The van der Waals surface area contributed by atoms with Crippen molar-refractivity contribution in [3.63, 3.8) is 0 Å². The van der Waals surface area contributed by atoms with Gasteiger partial charge in [-0.3, -0.25) is 19.6 Å². The topological polar surface area (TPSA) is 105 Å². The fourth-order valence-electron chi connectivity index (χ4n) is 3.92. The van der Waals surface area contributed by atoms with Crippen molar-refractivity contribution in [2.75, 3.05) is 20.3 Å². The molecule has 0 aliphatic rings. The van der Waals surface area contributed by atoms with Crippen molar-refractivity contribution in [2.45, 2.75) is 46.6 Å². The smallest absolute Gasteiger partial charge is 0.256 e. The first kappa shape index (κ1) is 28.9. The Balaban J connectivity index is 2.03. The molecule has 2 atom stereocenters. The zero-order valence-corrected chi connectivity index (χ0v) is 21.5. The lowest BCUT2D eigenvalue weighted by atomic mass is 9.74. The standard InChI is InChI=1S/C29H36N2O5/c1-5-6-26(32)29(3,28(34)31-35)19-21(2)27(33)25-15-13-23(14-16-25)8-7-22-9-11-24(12-10-22)20-30-17-18-36-4/h9-16,21,30,35H,5-6,17-20H2,1-4H3,(H,31,34)/t21?,29-/m0/s1. The van der Waals surface area contributed by atoms with Gasteiger partial charge < -0.3 is 10.1 Å². The molecular weight excluding hydrogens is 456 g/mol. The molecule has 192 valence electrons. The van der Waals surface area contributed by atoms with E-state index < -0.39 is 17.2 Å². The maximum absolute atomic E-state index is 13.0. The summed E-state index contributed by atoms with van der Waals surface area (Å²) in [5, 5.41) is 12.4. The van der Waals surface area contributed by atoms with Crippen LogP contribution >= 0.6 is 0 Å². The molecular formula is C29H36N2O5. The number of ketones is 2. The Morgan fingerprint density at radius 1 is 1.03 bits per heavy atom. The van der Waals surface area contributed by atoms with Crippen molar-refractivity contribution in [1.82, 2.24) is 10.8 Å². The Labute approximate surface area is 213 Å². The number of hydrogen-bond acceptors (Lipinski definition) is 6. The van der Waals surface area contributed by atoms with Crippen molar-refractivity contribution >= 4 is 17.5 Å². The van der Waals surface area contributed by atoms with E-state index in [1.165, 1.54) is 6.92 Å². The molecule has 0 bridgehead atoms. The van der Waals surface area contributed by atoms with Crippen LogP contribution in [0, 0.1) is 23.2 Å². The van der Waals surface area contributed by atoms with Gasteiger partial charge in [-0.15, -0.1) is 0 Å². The maximum atomic E-state index is 13.0. The molecule has 2 rings (SSSR count). The highest BCUT2D eigenvalue weighted by Gasteiger charge is 2.42. The second kappa shape index (κ2) is 14.3. The largest absolute Gasteiger partial charge is 0.383 e. The van der Waals surface area contributed by atoms with E-state index >= 15 is 0 Å². The third kappa shape index (κ3) is 8.13. The van der Waals surface area contributed by atoms with Gasteiger partial charge in [0.05, 0.1) is 6.61 Å². The van der Waals surface area contributed by atoms with Crippen molar-refractivity contribution < 1.29 is 24.3 Å². The van der Waals surface area contributed by atoms with Crippen LogP contribution in [0.15, 0.2) is 48.5 Å². The molecule has 0 saturated carbocycles. The number of carbonyl (C=O) groups excluding carboxylic acids is 3. The van der Waals surface area contributed by atoms with E-state index in [1.807, 2.05) is 31.2 Å². The Morgan fingerprint density at radius 2 is 1.61 bits per heavy atom. The molecule has 0 aliphatic heterocycles. The Hall–Kier alpha value is -3.31. The van der Waals surface area contributed by atoms with Gasteiger partial charge in [-0.25, -0.2) is 5.48 Å². The molecule has 3 N–H and O–H groups in total. The summed E-state index contributed by atoms with van der Waals surface area (Å²) in [5.74, 6) is 4.39. The van der Waals surface area contributed by atoms with Gasteiger partial charge >= 0.3 is 0 Å². The molecule has 7 heteroatoms. The molecule has 0 aromatic heterocycles. The molecule has 2 aromatic rings. The van der Waals surface area contributed by atoms with Gasteiger partial charge in [0.2, 0.25) is 0 Å². The summed E-state index contributed by atoms with van der Waals surface area (Å²) in [5.41, 5.74) is 3.42. The van der Waals surface area contributed by atoms with Crippen LogP contribution in [-0.4, -0.2) is 42.9 Å². The first-order chi connectivity index (χ1) is 17.2. The maximum Gasteiger partial charge on any atom is 0.256 e. The lowest BCUT2D eigenvalue weighted by Crippen LogP contribution is -2.45. The van der Waals surface area contributed by atoms with Gasteiger partial charge in [0.1, 0.15) is 11.2 Å². The highest BCUT2D eigenvalue weighted by molar-refractivity contribution is 6.06. The number of methoxy groups -OCH3 is 1. The number of Topliss-reactive ketones (excluding diaryl/α,β-unsaturated/α-hetero) is 2. The van der Waals surface area contributed by atoms with Crippen LogP contribution in [0.2, 0.25) is 0 Å². The first-order valence-corrected chi connectivity index (χ1v) is 12.2. The third-order valence-electron chi connectivity index (χ3n) is 6.14. The van der Waals surface area contributed by atoms with Crippen molar-refractivity contribution in [3.8, 4) is 11.8 Å². The minimum atomic E-state index is -1.47. The van der Waals surface area contributed by atoms with Crippen molar-refractivity contribution in [1.29, 1.82) is 0 Å². The van der Waals surface area contributed by atoms with Gasteiger partial charge in [-0.2, -0.15) is 0 Å². The molecule has 0 fully saturated rings. The highest BCUT2D eigenvalue weighted by atomic mass is 16.5. The first-order valence-electron chi connectivity index (χ1n) is 12.2. The number of benzene rings is 2. The number of carbonyl (C=O) groups is 3. The fourth-order valence-corrected chi connectivity index (χ4v) is 3.92. The summed E-state index contributed by atoms with van der Waals surface area (Å²) in [7, 11) is 1.68. The lowest BCUT2D eigenvalue weighted by molar-refractivity contribution is -0.148. The van der Waals surface area contributed by atoms with Gasteiger partial charge in [0.25, 0.3) is 5.91 Å². The van der Waals surface area contributed by atoms with E-state index in [-0.39, 0.29) is 24.4 Å². The summed E-state index contributed by atoms with van der Waals surface area (Å²) in [6, 6.07) is 15.0. The highest BCUT2D eigenvalue weighted by Crippen LogP contribution is 2.31. The summed E-state index contributed by atoms with van der Waals surface area (Å²) < 4.78 is 5.02. The number of rotatable bonds is 13. The molecule has 36 heavy (non-hydrogen) atoms. The van der Waals surface area contributed by atoms with Crippen LogP contribution in [0.25, 0.3) is 0 Å². The van der Waals surface area contributed by atoms with E-state index in [0.29, 0.717) is 18.6 Å². The molecule has 1 amide bonds. The Bertz CT molecular complexity index is 1080. The van der Waals surface area contributed by atoms with Gasteiger partial charge in [-0.1, -0.05) is 50.0 Å². The molecule has 0 saturated heterocycles. The number of ether oxygens (including phenoxy) is 1. The predicted molar refractivity (Wildman–Crippen MR) is 139 cm³/mol. The average Bonchev–Trinajstić information content (AvgIpc) is 2.90. The summed E-state index contributed by atoms with van der Waals surface area (Å²) in [4.78, 5) is 37.8. The zero-order valence-electron chi connectivity index (χ0n) is 21.5. The van der Waals surface area contributed by atoms with Crippen LogP contribution in [-0.2, 0) is 20.9 Å². The van der Waals surface area contributed by atoms with Gasteiger partial charge in [0, 0.05) is 49.2 Å². The number of nitrogens with one attached hydrogen (secondary N) is 2. The second-order valence-electron chi connectivity index (χ2n) is 9.11. The van der Waals surface area contributed by atoms with Crippen molar-refractivity contribution in [2.24, 2.45) is 11.3 Å². The lowest BCUT2D eigenvalue weighted by Gasteiger charge is -2.28. The zero-order chi connectivity index (χ0) is 26.6. The minimum Gasteiger partial charge on any atom is -0.383 e. The minimum absolute atomic E-state index is 0.0104. The monoisotopic (exact) mass is 492 g/mol. The summed E-state index contributed by atoms with van der Waals surface area (Å²) >= 11 is 0. The van der Waals surface area contributed by atoms with E-state index in [4.69, 9.17) is 9.94 Å². The summed E-state index contributed by atoms with van der Waals surface area (Å²) in [6.45, 7) is 7.24. The fraction of sp³-hybridized carbons (Fsp3) is 0.414. The predicted octanol–water partition coefficient (Wildman–Crippen LogP) is 3.91. The number of hydroxylamine groups is 1. The summed E-state index contributed by atoms with van der Waals surface area (Å²) in [6.07, 6.45) is 0.789. The van der Waals surface area contributed by atoms with E-state index in [9.17, 15) is 14.4 Å². The molecule has 2 aromatic carbocycles. The molecule has 1 unspecified atom stereocenters. The average molecular weight is 493 g/mol. The number of hydrogen-bond donors (Lipinski definition) is 3. The van der Waals surface area contributed by atoms with Crippen LogP contribution in [0.4, 0.5) is 0 Å². The van der Waals surface area contributed by atoms with Crippen LogP contribution in [0.1, 0.15) is 67.1 Å². The quantitative estimate of drug-likeness (QED) is 0.0978. The second-order valence-corrected chi connectivity index (χ2v) is 9.11. The van der Waals surface area contributed by atoms with Crippen LogP contribution in [0.5, 0.6) is 0 Å². The Kier molecular flexibility index (Phi) is 11.5. The molecule has 0 radical (unpaired) electrons.